The van der Waals surface area contributed by atoms with Gasteiger partial charge < -0.3 is 19.9 Å². The summed E-state index contributed by atoms with van der Waals surface area (Å²) in [6.45, 7) is 7.25. The minimum Gasteiger partial charge on any atom is -0.481 e. The summed E-state index contributed by atoms with van der Waals surface area (Å²) in [7, 11) is 0. The van der Waals surface area contributed by atoms with Crippen LogP contribution in [0.15, 0.2) is 0 Å². The van der Waals surface area contributed by atoms with Gasteiger partial charge in [-0.25, -0.2) is 4.79 Å². The molecule has 1 fully saturated rings. The first-order valence-corrected chi connectivity index (χ1v) is 9.02. The molecule has 0 aliphatic heterocycles. The van der Waals surface area contributed by atoms with E-state index in [-0.39, 0.29) is 24.8 Å². The van der Waals surface area contributed by atoms with Gasteiger partial charge in [0.25, 0.3) is 6.29 Å². The number of amides is 1. The molecule has 0 saturated heterocycles. The van der Waals surface area contributed by atoms with Crippen LogP contribution in [0.1, 0.15) is 66.2 Å². The highest BCUT2D eigenvalue weighted by molar-refractivity contribution is 5.72. The molecule has 1 saturated carbocycles. The Bertz CT molecular complexity index is 468. The van der Waals surface area contributed by atoms with Crippen molar-refractivity contribution in [3.05, 3.63) is 0 Å². The molecule has 0 aromatic carbocycles. The summed E-state index contributed by atoms with van der Waals surface area (Å²) >= 11 is 0. The molecule has 1 amide bonds. The second kappa shape index (κ2) is 9.63. The highest BCUT2D eigenvalue weighted by Gasteiger charge is 2.35. The molecule has 25 heavy (non-hydrogen) atoms. The molecule has 7 nitrogen and oxygen atoms in total. The first-order chi connectivity index (χ1) is 11.6. The van der Waals surface area contributed by atoms with Gasteiger partial charge in [0.1, 0.15) is 0 Å². The van der Waals surface area contributed by atoms with E-state index in [1.807, 2.05) is 0 Å². The molecule has 1 atom stereocenters. The fraction of sp³-hybridized carbons (Fsp3) is 0.833. The number of aliphatic carboxylic acids is 1. The van der Waals surface area contributed by atoms with Crippen molar-refractivity contribution in [1.82, 2.24) is 5.32 Å². The lowest BCUT2D eigenvalue weighted by molar-refractivity contribution is -0.178. The predicted octanol–water partition coefficient (Wildman–Crippen LogP) is 3.32. The van der Waals surface area contributed by atoms with Crippen LogP contribution in [0.3, 0.4) is 0 Å². The zero-order valence-corrected chi connectivity index (χ0v) is 15.7. The molecule has 0 aromatic heterocycles. The van der Waals surface area contributed by atoms with Gasteiger partial charge in [0, 0.05) is 12.5 Å². The van der Waals surface area contributed by atoms with Gasteiger partial charge >= 0.3 is 18.0 Å². The van der Waals surface area contributed by atoms with Crippen molar-refractivity contribution in [2.24, 2.45) is 17.3 Å². The Kier molecular flexibility index (Phi) is 8.19. The molecule has 144 valence electrons. The van der Waals surface area contributed by atoms with Crippen LogP contribution in [0, 0.1) is 17.3 Å². The van der Waals surface area contributed by atoms with E-state index < -0.39 is 29.7 Å². The van der Waals surface area contributed by atoms with Crippen LogP contribution < -0.4 is 5.32 Å². The summed E-state index contributed by atoms with van der Waals surface area (Å²) in [4.78, 5) is 35.0. The summed E-state index contributed by atoms with van der Waals surface area (Å²) in [5, 5.41) is 11.8. The summed E-state index contributed by atoms with van der Waals surface area (Å²) in [5.74, 6) is -1.78. The summed E-state index contributed by atoms with van der Waals surface area (Å²) in [6, 6.07) is 0. The maximum atomic E-state index is 12.1. The van der Waals surface area contributed by atoms with Crippen LogP contribution >= 0.6 is 0 Å². The summed E-state index contributed by atoms with van der Waals surface area (Å²) < 4.78 is 10.4. The standard InChI is InChI=1S/C18H31NO6/c1-12(2)15(22)24-16(13(3)4)25-17(23)19-11-18(10-14(20)21)8-6-5-7-9-18/h12-13,16H,5-11H2,1-4H3,(H,19,23)(H,20,21). The average Bonchev–Trinajstić information content (AvgIpc) is 2.52. The molecule has 0 heterocycles. The Labute approximate surface area is 149 Å². The van der Waals surface area contributed by atoms with Gasteiger partial charge in [-0.05, 0) is 18.3 Å². The Morgan fingerprint density at radius 1 is 1.04 bits per heavy atom. The van der Waals surface area contributed by atoms with Crippen molar-refractivity contribution in [3.63, 3.8) is 0 Å². The summed E-state index contributed by atoms with van der Waals surface area (Å²) in [5.41, 5.74) is -0.426. The Morgan fingerprint density at radius 2 is 1.64 bits per heavy atom. The Hall–Kier alpha value is -1.79. The first kappa shape index (κ1) is 21.3. The van der Waals surface area contributed by atoms with Crippen molar-refractivity contribution >= 4 is 18.0 Å². The second-order valence-corrected chi connectivity index (χ2v) is 7.59. The number of alkyl carbamates (subject to hydrolysis) is 1. The molecule has 1 aliphatic carbocycles. The topological polar surface area (TPSA) is 102 Å². The molecule has 1 aliphatic rings. The molecule has 1 unspecified atom stereocenters. The number of hydrogen-bond acceptors (Lipinski definition) is 5. The number of hydrogen-bond donors (Lipinski definition) is 2. The molecule has 0 bridgehead atoms. The molecule has 2 N–H and O–H groups in total. The van der Waals surface area contributed by atoms with Crippen LogP contribution in [0.25, 0.3) is 0 Å². The minimum absolute atomic E-state index is 0.0310. The Morgan fingerprint density at radius 3 is 2.12 bits per heavy atom. The van der Waals surface area contributed by atoms with E-state index in [1.54, 1.807) is 27.7 Å². The second-order valence-electron chi connectivity index (χ2n) is 7.59. The van der Waals surface area contributed by atoms with Crippen LogP contribution in [-0.2, 0) is 19.1 Å². The third kappa shape index (κ3) is 7.32. The largest absolute Gasteiger partial charge is 0.481 e. The highest BCUT2D eigenvalue weighted by Crippen LogP contribution is 2.38. The molecule has 7 heteroatoms. The lowest BCUT2D eigenvalue weighted by atomic mass is 9.72. The van der Waals surface area contributed by atoms with Gasteiger partial charge in [-0.2, -0.15) is 0 Å². The number of carboxylic acid groups (broad SMARTS) is 1. The Balaban J connectivity index is 2.60. The van der Waals surface area contributed by atoms with Gasteiger partial charge in [0.05, 0.1) is 12.3 Å². The molecular formula is C18H31NO6. The lowest BCUT2D eigenvalue weighted by Gasteiger charge is -2.36. The van der Waals surface area contributed by atoms with E-state index in [2.05, 4.69) is 5.32 Å². The lowest BCUT2D eigenvalue weighted by Crippen LogP contribution is -2.42. The number of carbonyl (C=O) groups is 3. The quantitative estimate of drug-likeness (QED) is 0.510. The molecule has 0 spiro atoms. The number of carbonyl (C=O) groups excluding carboxylic acids is 2. The van der Waals surface area contributed by atoms with Crippen molar-refractivity contribution in [2.45, 2.75) is 72.5 Å². The van der Waals surface area contributed by atoms with Crippen LogP contribution in [0.4, 0.5) is 4.79 Å². The maximum absolute atomic E-state index is 12.1. The zero-order valence-electron chi connectivity index (χ0n) is 15.7. The van der Waals surface area contributed by atoms with Gasteiger partial charge in [0.2, 0.25) is 0 Å². The molecule has 0 radical (unpaired) electrons. The van der Waals surface area contributed by atoms with E-state index >= 15 is 0 Å². The van der Waals surface area contributed by atoms with E-state index in [0.29, 0.717) is 0 Å². The molecular weight excluding hydrogens is 326 g/mol. The van der Waals surface area contributed by atoms with Crippen molar-refractivity contribution in [2.75, 3.05) is 6.54 Å². The highest BCUT2D eigenvalue weighted by atomic mass is 16.7. The van der Waals surface area contributed by atoms with E-state index in [4.69, 9.17) is 14.6 Å². The number of nitrogens with one attached hydrogen (secondary N) is 1. The number of rotatable bonds is 8. The number of esters is 1. The normalized spacial score (nSPS) is 17.8. The molecule has 0 aromatic rings. The van der Waals surface area contributed by atoms with Gasteiger partial charge in [-0.3, -0.25) is 9.59 Å². The van der Waals surface area contributed by atoms with Crippen LogP contribution in [0.2, 0.25) is 0 Å². The van der Waals surface area contributed by atoms with Crippen LogP contribution in [0.5, 0.6) is 0 Å². The van der Waals surface area contributed by atoms with Crippen molar-refractivity contribution < 1.29 is 29.0 Å². The third-order valence-electron chi connectivity index (χ3n) is 4.52. The number of ether oxygens (including phenoxy) is 2. The van der Waals surface area contributed by atoms with Gasteiger partial charge in [-0.15, -0.1) is 0 Å². The summed E-state index contributed by atoms with van der Waals surface area (Å²) in [6.07, 6.45) is 2.94. The fourth-order valence-corrected chi connectivity index (χ4v) is 2.99. The SMILES string of the molecule is CC(C)C(=O)OC(OC(=O)NCC1(CC(=O)O)CCCCC1)C(C)C. The van der Waals surface area contributed by atoms with Crippen molar-refractivity contribution in [3.8, 4) is 0 Å². The monoisotopic (exact) mass is 357 g/mol. The number of carboxylic acids is 1. The smallest absolute Gasteiger partial charge is 0.410 e. The predicted molar refractivity (Wildman–Crippen MR) is 91.8 cm³/mol. The zero-order chi connectivity index (χ0) is 19.0. The first-order valence-electron chi connectivity index (χ1n) is 9.02. The molecule has 1 rings (SSSR count). The average molecular weight is 357 g/mol. The van der Waals surface area contributed by atoms with E-state index in [1.165, 1.54) is 0 Å². The third-order valence-corrected chi connectivity index (χ3v) is 4.52. The van der Waals surface area contributed by atoms with Gasteiger partial charge in [-0.1, -0.05) is 47.0 Å². The fourth-order valence-electron chi connectivity index (χ4n) is 2.99. The van der Waals surface area contributed by atoms with E-state index in [0.717, 1.165) is 32.1 Å². The van der Waals surface area contributed by atoms with E-state index in [9.17, 15) is 14.4 Å². The van der Waals surface area contributed by atoms with Crippen LogP contribution in [-0.4, -0.2) is 36.0 Å². The maximum Gasteiger partial charge on any atom is 0.410 e. The van der Waals surface area contributed by atoms with Gasteiger partial charge in [0.15, 0.2) is 0 Å². The van der Waals surface area contributed by atoms with Crippen molar-refractivity contribution in [1.29, 1.82) is 0 Å². The minimum atomic E-state index is -0.961.